The van der Waals surface area contributed by atoms with E-state index in [1.54, 1.807) is 12.3 Å². The largest absolute Gasteiger partial charge is 0.357 e. The summed E-state index contributed by atoms with van der Waals surface area (Å²) in [4.78, 5) is 18.9. The van der Waals surface area contributed by atoms with E-state index in [2.05, 4.69) is 35.1 Å². The molecule has 0 saturated heterocycles. The first kappa shape index (κ1) is 20.2. The van der Waals surface area contributed by atoms with Gasteiger partial charge in [-0.15, -0.1) is 0 Å². The summed E-state index contributed by atoms with van der Waals surface area (Å²) in [5.74, 6) is 0.685. The number of aryl methyl sites for hydroxylation is 1. The molecule has 1 N–H and O–H groups in total. The number of para-hydroxylation sites is 1. The van der Waals surface area contributed by atoms with Crippen LogP contribution >= 0.6 is 0 Å². The summed E-state index contributed by atoms with van der Waals surface area (Å²) in [6.45, 7) is 6.58. The van der Waals surface area contributed by atoms with Crippen molar-refractivity contribution in [2.45, 2.75) is 26.8 Å². The Labute approximate surface area is 171 Å². The van der Waals surface area contributed by atoms with E-state index < -0.39 is 0 Å². The molecule has 0 saturated carbocycles. The third kappa shape index (κ3) is 4.82. The number of pyridine rings is 1. The van der Waals surface area contributed by atoms with E-state index in [1.807, 2.05) is 47.2 Å². The summed E-state index contributed by atoms with van der Waals surface area (Å²) < 4.78 is 2.05. The van der Waals surface area contributed by atoms with E-state index >= 15 is 0 Å². The summed E-state index contributed by atoms with van der Waals surface area (Å²) >= 11 is 0. The molecule has 0 fully saturated rings. The second kappa shape index (κ2) is 9.56. The van der Waals surface area contributed by atoms with Crippen LogP contribution in [0.5, 0.6) is 0 Å². The number of anilines is 2. The molecule has 6 heteroatoms. The van der Waals surface area contributed by atoms with E-state index in [1.165, 1.54) is 6.08 Å². The summed E-state index contributed by atoms with van der Waals surface area (Å²) in [7, 11) is 0. The Morgan fingerprint density at radius 2 is 2.03 bits per heavy atom. The van der Waals surface area contributed by atoms with Gasteiger partial charge < -0.3 is 14.8 Å². The van der Waals surface area contributed by atoms with Crippen molar-refractivity contribution in [3.8, 4) is 6.07 Å². The monoisotopic (exact) mass is 387 g/mol. The first-order valence-corrected chi connectivity index (χ1v) is 9.81. The van der Waals surface area contributed by atoms with Crippen molar-refractivity contribution >= 4 is 34.4 Å². The van der Waals surface area contributed by atoms with Gasteiger partial charge in [0.1, 0.15) is 5.82 Å². The van der Waals surface area contributed by atoms with E-state index in [4.69, 9.17) is 5.26 Å². The topological polar surface area (TPSA) is 74.0 Å². The quantitative estimate of drug-likeness (QED) is 0.580. The van der Waals surface area contributed by atoms with Gasteiger partial charge in [-0.3, -0.25) is 4.79 Å². The fraction of sp³-hybridized carbons (Fsp3) is 0.261. The summed E-state index contributed by atoms with van der Waals surface area (Å²) in [6, 6.07) is 13.9. The van der Waals surface area contributed by atoms with E-state index in [9.17, 15) is 4.79 Å². The van der Waals surface area contributed by atoms with Crippen LogP contribution in [0.1, 0.15) is 25.8 Å². The molecule has 3 aromatic rings. The number of benzene rings is 1. The van der Waals surface area contributed by atoms with Crippen molar-refractivity contribution in [1.29, 1.82) is 5.26 Å². The first-order chi connectivity index (χ1) is 14.2. The molecule has 0 aliphatic heterocycles. The molecule has 29 heavy (non-hydrogen) atoms. The van der Waals surface area contributed by atoms with Crippen molar-refractivity contribution in [3.05, 3.63) is 60.4 Å². The second-order valence-electron chi connectivity index (χ2n) is 6.60. The zero-order chi connectivity index (χ0) is 20.6. The number of nitriles is 1. The smallest absolute Gasteiger partial charge is 0.248 e. The van der Waals surface area contributed by atoms with Crippen molar-refractivity contribution in [1.82, 2.24) is 9.55 Å². The number of amides is 1. The number of nitrogens with zero attached hydrogens (tertiary/aromatic N) is 4. The molecular weight excluding hydrogens is 362 g/mol. The molecule has 1 amide bonds. The van der Waals surface area contributed by atoms with Crippen LogP contribution in [-0.2, 0) is 11.3 Å². The van der Waals surface area contributed by atoms with Gasteiger partial charge in [-0.25, -0.2) is 4.98 Å². The third-order valence-electron chi connectivity index (χ3n) is 4.80. The van der Waals surface area contributed by atoms with Crippen LogP contribution < -0.4 is 10.2 Å². The van der Waals surface area contributed by atoms with Crippen LogP contribution in [0, 0.1) is 11.3 Å². The maximum atomic E-state index is 12.3. The predicted octanol–water partition coefficient (Wildman–Crippen LogP) is 4.45. The molecule has 0 aliphatic rings. The van der Waals surface area contributed by atoms with Gasteiger partial charge >= 0.3 is 0 Å². The predicted molar refractivity (Wildman–Crippen MR) is 118 cm³/mol. The molecule has 0 bridgehead atoms. The van der Waals surface area contributed by atoms with Gasteiger partial charge in [0.25, 0.3) is 0 Å². The first-order valence-electron chi connectivity index (χ1n) is 9.81. The highest BCUT2D eigenvalue weighted by atomic mass is 16.1. The summed E-state index contributed by atoms with van der Waals surface area (Å²) in [5.41, 5.74) is 2.66. The van der Waals surface area contributed by atoms with Crippen LogP contribution in [0.4, 0.5) is 11.5 Å². The molecular formula is C23H25N5O. The van der Waals surface area contributed by atoms with Gasteiger partial charge in [0.2, 0.25) is 5.91 Å². The number of aromatic nitrogens is 2. The van der Waals surface area contributed by atoms with Crippen molar-refractivity contribution in [2.75, 3.05) is 23.3 Å². The SMILES string of the molecule is CCN(CC)c1ccc(NC(=O)/C=C/c2cn(CCC#N)c3ccccc23)cn1. The second-order valence-corrected chi connectivity index (χ2v) is 6.60. The molecule has 0 spiro atoms. The Morgan fingerprint density at radius 3 is 2.72 bits per heavy atom. The molecule has 2 heterocycles. The van der Waals surface area contributed by atoms with Crippen LogP contribution in [0.15, 0.2) is 54.9 Å². The van der Waals surface area contributed by atoms with Gasteiger partial charge in [0, 0.05) is 48.4 Å². The molecule has 0 radical (unpaired) electrons. The minimum absolute atomic E-state index is 0.212. The Hall–Kier alpha value is -3.59. The van der Waals surface area contributed by atoms with E-state index in [0.29, 0.717) is 18.7 Å². The van der Waals surface area contributed by atoms with Crippen molar-refractivity contribution < 1.29 is 4.79 Å². The normalized spacial score (nSPS) is 10.9. The lowest BCUT2D eigenvalue weighted by atomic mass is 10.1. The van der Waals surface area contributed by atoms with Gasteiger partial charge in [-0.1, -0.05) is 18.2 Å². The Kier molecular flexibility index (Phi) is 6.64. The Morgan fingerprint density at radius 1 is 1.24 bits per heavy atom. The summed E-state index contributed by atoms with van der Waals surface area (Å²) in [6.07, 6.45) is 7.42. The lowest BCUT2D eigenvalue weighted by Crippen LogP contribution is -2.22. The lowest BCUT2D eigenvalue weighted by Gasteiger charge is -2.19. The lowest BCUT2D eigenvalue weighted by molar-refractivity contribution is -0.111. The average Bonchev–Trinajstić information content (AvgIpc) is 3.10. The van der Waals surface area contributed by atoms with Gasteiger partial charge in [0.05, 0.1) is 24.4 Å². The number of carbonyl (C=O) groups excluding carboxylic acids is 1. The number of rotatable bonds is 8. The number of carbonyl (C=O) groups is 1. The highest BCUT2D eigenvalue weighted by molar-refractivity contribution is 6.03. The zero-order valence-electron chi connectivity index (χ0n) is 16.8. The van der Waals surface area contributed by atoms with Crippen LogP contribution in [0.3, 0.4) is 0 Å². The number of nitrogens with one attached hydrogen (secondary N) is 1. The average molecular weight is 387 g/mol. The van der Waals surface area contributed by atoms with E-state index in [-0.39, 0.29) is 5.91 Å². The van der Waals surface area contributed by atoms with Gasteiger partial charge in [-0.2, -0.15) is 5.26 Å². The van der Waals surface area contributed by atoms with Crippen LogP contribution in [0.2, 0.25) is 0 Å². The molecule has 0 unspecified atom stereocenters. The molecule has 2 aromatic heterocycles. The number of hydrogen-bond acceptors (Lipinski definition) is 4. The Bertz CT molecular complexity index is 1040. The maximum Gasteiger partial charge on any atom is 0.248 e. The maximum absolute atomic E-state index is 12.3. The molecule has 6 nitrogen and oxygen atoms in total. The van der Waals surface area contributed by atoms with Crippen molar-refractivity contribution in [3.63, 3.8) is 0 Å². The third-order valence-corrected chi connectivity index (χ3v) is 4.80. The molecule has 3 rings (SSSR count). The number of hydrogen-bond donors (Lipinski definition) is 1. The zero-order valence-corrected chi connectivity index (χ0v) is 16.8. The minimum Gasteiger partial charge on any atom is -0.357 e. The fourth-order valence-corrected chi connectivity index (χ4v) is 3.31. The molecule has 1 aromatic carbocycles. The van der Waals surface area contributed by atoms with Gasteiger partial charge in [-0.05, 0) is 38.1 Å². The highest BCUT2D eigenvalue weighted by Gasteiger charge is 2.07. The molecule has 0 atom stereocenters. The van der Waals surface area contributed by atoms with Crippen molar-refractivity contribution in [2.24, 2.45) is 0 Å². The summed E-state index contributed by atoms with van der Waals surface area (Å²) in [5, 5.41) is 12.8. The number of fused-ring (bicyclic) bond motifs is 1. The minimum atomic E-state index is -0.212. The van der Waals surface area contributed by atoms with E-state index in [0.717, 1.165) is 35.4 Å². The fourth-order valence-electron chi connectivity index (χ4n) is 3.31. The molecule has 0 aliphatic carbocycles. The van der Waals surface area contributed by atoms with Crippen LogP contribution in [0.25, 0.3) is 17.0 Å². The molecule has 148 valence electrons. The highest BCUT2D eigenvalue weighted by Crippen LogP contribution is 2.23. The van der Waals surface area contributed by atoms with Gasteiger partial charge in [0.15, 0.2) is 0 Å². The Balaban J connectivity index is 1.72. The standard InChI is InChI=1S/C23H25N5O/c1-3-27(4-2)22-12-11-19(16-25-22)26-23(29)13-10-18-17-28(15-7-14-24)21-9-6-5-8-20(18)21/h5-6,8-13,16-17H,3-4,7,15H2,1-2H3,(H,26,29)/b13-10+. The van der Waals surface area contributed by atoms with Crippen LogP contribution in [-0.4, -0.2) is 28.5 Å².